The lowest BCUT2D eigenvalue weighted by Gasteiger charge is -2.00. The van der Waals surface area contributed by atoms with E-state index < -0.39 is 11.6 Å². The third-order valence-electron chi connectivity index (χ3n) is 1.80. The number of hydrogen-bond donors (Lipinski definition) is 0. The summed E-state index contributed by atoms with van der Waals surface area (Å²) < 4.78 is 25.4. The first-order valence-electron chi connectivity index (χ1n) is 4.28. The van der Waals surface area contributed by atoms with Crippen LogP contribution in [0.5, 0.6) is 0 Å². The lowest BCUT2D eigenvalue weighted by atomic mass is 10.1. The van der Waals surface area contributed by atoms with Gasteiger partial charge in [0.25, 0.3) is 0 Å². The van der Waals surface area contributed by atoms with Gasteiger partial charge in [0.15, 0.2) is 0 Å². The van der Waals surface area contributed by atoms with Crippen LogP contribution in [0.4, 0.5) is 8.78 Å². The quantitative estimate of drug-likeness (QED) is 0.494. The highest BCUT2D eigenvalue weighted by Crippen LogP contribution is 2.10. The monoisotopic (exact) mass is 182 g/mol. The fourth-order valence-corrected chi connectivity index (χ4v) is 1.21. The molecule has 0 aliphatic carbocycles. The molecule has 2 heteroatoms. The van der Waals surface area contributed by atoms with Gasteiger partial charge >= 0.3 is 0 Å². The maximum absolute atomic E-state index is 12.7. The molecule has 0 unspecified atom stereocenters. The molecule has 0 saturated carbocycles. The van der Waals surface area contributed by atoms with Gasteiger partial charge in [0.2, 0.25) is 0 Å². The van der Waals surface area contributed by atoms with E-state index in [0.29, 0.717) is 12.0 Å². The molecule has 0 spiro atoms. The molecule has 1 aromatic rings. The molecule has 0 aliphatic heterocycles. The van der Waals surface area contributed by atoms with Gasteiger partial charge in [0.05, 0.1) is 0 Å². The maximum atomic E-state index is 12.7. The van der Waals surface area contributed by atoms with Crippen molar-refractivity contribution in [3.05, 3.63) is 48.1 Å². The molecular weight excluding hydrogens is 170 g/mol. The van der Waals surface area contributed by atoms with Crippen LogP contribution in [-0.2, 0) is 6.42 Å². The Morgan fingerprint density at radius 2 is 1.77 bits per heavy atom. The molecule has 1 rings (SSSR count). The Labute approximate surface area is 76.9 Å². The first-order chi connectivity index (χ1) is 6.22. The van der Waals surface area contributed by atoms with E-state index in [1.807, 2.05) is 0 Å². The van der Waals surface area contributed by atoms with Crippen molar-refractivity contribution >= 4 is 0 Å². The van der Waals surface area contributed by atoms with Crippen molar-refractivity contribution in [2.24, 2.45) is 0 Å². The van der Waals surface area contributed by atoms with Crippen molar-refractivity contribution in [2.75, 3.05) is 0 Å². The fraction of sp³-hybridized carbons (Fsp3) is 0.273. The Kier molecular flexibility index (Phi) is 3.62. The fourth-order valence-electron chi connectivity index (χ4n) is 1.21. The van der Waals surface area contributed by atoms with Crippen molar-refractivity contribution < 1.29 is 8.78 Å². The summed E-state index contributed by atoms with van der Waals surface area (Å²) in [7, 11) is 0. The largest absolute Gasteiger partial charge is 0.207 e. The third-order valence-corrected chi connectivity index (χ3v) is 1.80. The SMILES string of the molecule is C=CCCCc1cc(F)cc(F)c1. The number of hydrogen-bond acceptors (Lipinski definition) is 0. The van der Waals surface area contributed by atoms with Gasteiger partial charge in [-0.25, -0.2) is 8.78 Å². The molecule has 0 fully saturated rings. The van der Waals surface area contributed by atoms with Crippen LogP contribution < -0.4 is 0 Å². The molecule has 0 heterocycles. The van der Waals surface area contributed by atoms with E-state index in [1.165, 1.54) is 12.1 Å². The van der Waals surface area contributed by atoms with Crippen LogP contribution >= 0.6 is 0 Å². The van der Waals surface area contributed by atoms with E-state index in [0.717, 1.165) is 18.9 Å². The van der Waals surface area contributed by atoms with Crippen LogP contribution in [0.3, 0.4) is 0 Å². The highest BCUT2D eigenvalue weighted by molar-refractivity contribution is 5.17. The molecule has 0 amide bonds. The van der Waals surface area contributed by atoms with E-state index >= 15 is 0 Å². The summed E-state index contributed by atoms with van der Waals surface area (Å²) in [5, 5.41) is 0. The Hall–Kier alpha value is -1.18. The Bertz CT molecular complexity index is 272. The summed E-state index contributed by atoms with van der Waals surface area (Å²) in [5.74, 6) is -1.01. The van der Waals surface area contributed by atoms with Crippen LogP contribution in [0.25, 0.3) is 0 Å². The predicted molar refractivity (Wildman–Crippen MR) is 49.5 cm³/mol. The minimum atomic E-state index is -0.506. The van der Waals surface area contributed by atoms with Crippen molar-refractivity contribution in [2.45, 2.75) is 19.3 Å². The summed E-state index contributed by atoms with van der Waals surface area (Å²) >= 11 is 0. The van der Waals surface area contributed by atoms with Crippen LogP contribution in [0.2, 0.25) is 0 Å². The standard InChI is InChI=1S/C11H12F2/c1-2-3-4-5-9-6-10(12)8-11(13)7-9/h2,6-8H,1,3-5H2. The van der Waals surface area contributed by atoms with Gasteiger partial charge in [-0.2, -0.15) is 0 Å². The molecule has 0 bridgehead atoms. The minimum absolute atomic E-state index is 0.506. The number of rotatable bonds is 4. The summed E-state index contributed by atoms with van der Waals surface area (Å²) in [5.41, 5.74) is 0.708. The van der Waals surface area contributed by atoms with Crippen LogP contribution in [0, 0.1) is 11.6 Å². The number of allylic oxidation sites excluding steroid dienone is 1. The van der Waals surface area contributed by atoms with Crippen molar-refractivity contribution in [1.82, 2.24) is 0 Å². The van der Waals surface area contributed by atoms with E-state index in [2.05, 4.69) is 6.58 Å². The van der Waals surface area contributed by atoms with Crippen molar-refractivity contribution in [1.29, 1.82) is 0 Å². The first-order valence-corrected chi connectivity index (χ1v) is 4.28. The van der Waals surface area contributed by atoms with Crippen molar-refractivity contribution in [3.63, 3.8) is 0 Å². The molecule has 0 radical (unpaired) electrons. The zero-order valence-corrected chi connectivity index (χ0v) is 7.39. The average Bonchev–Trinajstić information content (AvgIpc) is 2.03. The van der Waals surface area contributed by atoms with Gasteiger partial charge in [-0.3, -0.25) is 0 Å². The molecule has 13 heavy (non-hydrogen) atoms. The molecule has 0 saturated heterocycles. The second-order valence-electron chi connectivity index (χ2n) is 2.96. The van der Waals surface area contributed by atoms with Gasteiger partial charge in [-0.1, -0.05) is 6.08 Å². The molecule has 0 atom stereocenters. The van der Waals surface area contributed by atoms with E-state index in [9.17, 15) is 8.78 Å². The van der Waals surface area contributed by atoms with Gasteiger partial charge in [0, 0.05) is 6.07 Å². The topological polar surface area (TPSA) is 0 Å². The Balaban J connectivity index is 2.60. The smallest absolute Gasteiger partial charge is 0.126 e. The molecule has 70 valence electrons. The highest BCUT2D eigenvalue weighted by atomic mass is 19.1. The van der Waals surface area contributed by atoms with Gasteiger partial charge in [0.1, 0.15) is 11.6 Å². The maximum Gasteiger partial charge on any atom is 0.126 e. The second-order valence-corrected chi connectivity index (χ2v) is 2.96. The van der Waals surface area contributed by atoms with Gasteiger partial charge < -0.3 is 0 Å². The normalized spacial score (nSPS) is 10.0. The summed E-state index contributed by atoms with van der Waals surface area (Å²) in [6.07, 6.45) is 4.25. The molecule has 0 aromatic heterocycles. The average molecular weight is 182 g/mol. The number of benzene rings is 1. The number of halogens is 2. The van der Waals surface area contributed by atoms with E-state index in [-0.39, 0.29) is 0 Å². The predicted octanol–water partition coefficient (Wildman–Crippen LogP) is 3.47. The van der Waals surface area contributed by atoms with E-state index in [1.54, 1.807) is 6.08 Å². The zero-order valence-electron chi connectivity index (χ0n) is 7.39. The lowest BCUT2D eigenvalue weighted by molar-refractivity contribution is 0.578. The first kappa shape index (κ1) is 9.90. The van der Waals surface area contributed by atoms with E-state index in [4.69, 9.17) is 0 Å². The Morgan fingerprint density at radius 3 is 2.31 bits per heavy atom. The summed E-state index contributed by atoms with van der Waals surface area (Å²) in [4.78, 5) is 0. The molecule has 0 N–H and O–H groups in total. The molecule has 0 nitrogen and oxygen atoms in total. The molecular formula is C11H12F2. The van der Waals surface area contributed by atoms with Crippen LogP contribution in [-0.4, -0.2) is 0 Å². The highest BCUT2D eigenvalue weighted by Gasteiger charge is 1.99. The second kappa shape index (κ2) is 4.75. The summed E-state index contributed by atoms with van der Waals surface area (Å²) in [6.45, 7) is 3.58. The molecule has 1 aromatic carbocycles. The minimum Gasteiger partial charge on any atom is -0.207 e. The Morgan fingerprint density at radius 1 is 1.15 bits per heavy atom. The molecule has 0 aliphatic rings. The number of unbranched alkanes of at least 4 members (excludes halogenated alkanes) is 1. The third kappa shape index (κ3) is 3.36. The summed E-state index contributed by atoms with van der Waals surface area (Å²) in [6, 6.07) is 3.62. The zero-order chi connectivity index (χ0) is 9.68. The van der Waals surface area contributed by atoms with Crippen LogP contribution in [0.1, 0.15) is 18.4 Å². The lowest BCUT2D eigenvalue weighted by Crippen LogP contribution is -1.88. The van der Waals surface area contributed by atoms with Gasteiger partial charge in [-0.15, -0.1) is 6.58 Å². The van der Waals surface area contributed by atoms with Gasteiger partial charge in [-0.05, 0) is 37.0 Å². The van der Waals surface area contributed by atoms with Crippen LogP contribution in [0.15, 0.2) is 30.9 Å². The number of aryl methyl sites for hydroxylation is 1. The van der Waals surface area contributed by atoms with Crippen molar-refractivity contribution in [3.8, 4) is 0 Å².